The number of alkyl halides is 1. The standard InChI is InChI=1S/C12H10ClNO3/c1-17-12-8(7-13)6-11(14(15)16)9-4-2-3-5-10(9)12/h2-6H,7H2,1H3. The molecule has 0 atom stereocenters. The number of benzene rings is 2. The van der Waals surface area contributed by atoms with Gasteiger partial charge in [-0.3, -0.25) is 10.1 Å². The Morgan fingerprint density at radius 3 is 2.53 bits per heavy atom. The van der Waals surface area contributed by atoms with Crippen molar-refractivity contribution < 1.29 is 9.66 Å². The van der Waals surface area contributed by atoms with Crippen molar-refractivity contribution in [3.05, 3.63) is 46.0 Å². The SMILES string of the molecule is COc1c(CCl)cc([N+](=O)[O-])c2ccccc12. The number of nitro benzene ring substituents is 1. The maximum atomic E-state index is 11.0. The predicted molar refractivity (Wildman–Crippen MR) is 66.7 cm³/mol. The van der Waals surface area contributed by atoms with E-state index in [1.54, 1.807) is 18.2 Å². The van der Waals surface area contributed by atoms with Crippen LogP contribution in [-0.2, 0) is 5.88 Å². The lowest BCUT2D eigenvalue weighted by Crippen LogP contribution is -1.96. The van der Waals surface area contributed by atoms with Gasteiger partial charge in [-0.2, -0.15) is 0 Å². The zero-order chi connectivity index (χ0) is 12.4. The molecule has 0 fully saturated rings. The molecular weight excluding hydrogens is 242 g/mol. The van der Waals surface area contributed by atoms with Crippen LogP contribution in [0.2, 0.25) is 0 Å². The summed E-state index contributed by atoms with van der Waals surface area (Å²) in [4.78, 5) is 10.6. The summed E-state index contributed by atoms with van der Waals surface area (Å²) < 4.78 is 5.28. The molecule has 2 aromatic carbocycles. The minimum Gasteiger partial charge on any atom is -0.496 e. The zero-order valence-electron chi connectivity index (χ0n) is 9.14. The Kier molecular flexibility index (Phi) is 3.15. The first-order valence-electron chi connectivity index (χ1n) is 4.98. The second-order valence-corrected chi connectivity index (χ2v) is 3.79. The molecule has 5 heteroatoms. The monoisotopic (exact) mass is 251 g/mol. The van der Waals surface area contributed by atoms with E-state index in [1.807, 2.05) is 6.07 Å². The second-order valence-electron chi connectivity index (χ2n) is 3.52. The molecule has 0 aliphatic carbocycles. The van der Waals surface area contributed by atoms with E-state index < -0.39 is 4.92 Å². The van der Waals surface area contributed by atoms with Gasteiger partial charge in [0, 0.05) is 17.0 Å². The van der Waals surface area contributed by atoms with Crippen molar-refractivity contribution in [3.63, 3.8) is 0 Å². The number of halogens is 1. The van der Waals surface area contributed by atoms with Gasteiger partial charge in [-0.1, -0.05) is 18.2 Å². The fraction of sp³-hybridized carbons (Fsp3) is 0.167. The molecule has 0 heterocycles. The Bertz CT molecular complexity index is 583. The predicted octanol–water partition coefficient (Wildman–Crippen LogP) is 3.50. The van der Waals surface area contributed by atoms with Crippen molar-refractivity contribution in [2.75, 3.05) is 7.11 Å². The molecule has 0 N–H and O–H groups in total. The lowest BCUT2D eigenvalue weighted by molar-refractivity contribution is -0.383. The molecular formula is C12H10ClNO3. The summed E-state index contributed by atoms with van der Waals surface area (Å²) in [5.74, 6) is 0.774. The van der Waals surface area contributed by atoms with Crippen molar-refractivity contribution in [3.8, 4) is 5.75 Å². The number of non-ortho nitro benzene ring substituents is 1. The number of nitro groups is 1. The summed E-state index contributed by atoms with van der Waals surface area (Å²) in [6, 6.07) is 8.53. The third-order valence-electron chi connectivity index (χ3n) is 2.60. The Morgan fingerprint density at radius 2 is 2.00 bits per heavy atom. The quantitative estimate of drug-likeness (QED) is 0.477. The molecule has 0 bridgehead atoms. The maximum absolute atomic E-state index is 11.0. The summed E-state index contributed by atoms with van der Waals surface area (Å²) in [5, 5.41) is 12.3. The van der Waals surface area contributed by atoms with E-state index in [4.69, 9.17) is 16.3 Å². The molecule has 2 rings (SSSR count). The average Bonchev–Trinajstić information content (AvgIpc) is 2.36. The average molecular weight is 252 g/mol. The van der Waals surface area contributed by atoms with E-state index in [1.165, 1.54) is 13.2 Å². The van der Waals surface area contributed by atoms with Crippen molar-refractivity contribution in [1.29, 1.82) is 0 Å². The fourth-order valence-corrected chi connectivity index (χ4v) is 2.08. The Hall–Kier alpha value is -1.81. The Labute approximate surface area is 103 Å². The summed E-state index contributed by atoms with van der Waals surface area (Å²) in [5.41, 5.74) is 0.677. The number of rotatable bonds is 3. The molecule has 0 saturated carbocycles. The highest BCUT2D eigenvalue weighted by Gasteiger charge is 2.18. The van der Waals surface area contributed by atoms with E-state index in [9.17, 15) is 10.1 Å². The maximum Gasteiger partial charge on any atom is 0.277 e. The minimum absolute atomic E-state index is 0.0528. The molecule has 4 nitrogen and oxygen atoms in total. The number of hydrogen-bond acceptors (Lipinski definition) is 3. The van der Waals surface area contributed by atoms with Crippen molar-refractivity contribution in [2.24, 2.45) is 0 Å². The van der Waals surface area contributed by atoms with Crippen molar-refractivity contribution in [2.45, 2.75) is 5.88 Å². The van der Waals surface area contributed by atoms with Crippen molar-refractivity contribution in [1.82, 2.24) is 0 Å². The number of hydrogen-bond donors (Lipinski definition) is 0. The van der Waals surface area contributed by atoms with Crippen LogP contribution in [-0.4, -0.2) is 12.0 Å². The van der Waals surface area contributed by atoms with E-state index in [-0.39, 0.29) is 11.6 Å². The molecule has 0 aromatic heterocycles. The van der Waals surface area contributed by atoms with Gasteiger partial charge in [0.05, 0.1) is 23.3 Å². The highest BCUT2D eigenvalue weighted by molar-refractivity contribution is 6.17. The molecule has 0 aliphatic heterocycles. The molecule has 2 aromatic rings. The summed E-state index contributed by atoms with van der Waals surface area (Å²) in [6.45, 7) is 0. The van der Waals surface area contributed by atoms with Crippen LogP contribution >= 0.6 is 11.6 Å². The fourth-order valence-electron chi connectivity index (χ4n) is 1.88. The lowest BCUT2D eigenvalue weighted by Gasteiger charge is -2.10. The van der Waals surface area contributed by atoms with Crippen LogP contribution in [0, 0.1) is 10.1 Å². The third-order valence-corrected chi connectivity index (χ3v) is 2.88. The first-order chi connectivity index (χ1) is 8.19. The zero-order valence-corrected chi connectivity index (χ0v) is 9.90. The molecule has 0 spiro atoms. The molecule has 0 amide bonds. The van der Waals surface area contributed by atoms with Gasteiger partial charge in [0.2, 0.25) is 0 Å². The van der Waals surface area contributed by atoms with Crippen molar-refractivity contribution >= 4 is 28.1 Å². The van der Waals surface area contributed by atoms with Crippen LogP contribution in [0.3, 0.4) is 0 Å². The van der Waals surface area contributed by atoms with E-state index >= 15 is 0 Å². The molecule has 0 aliphatic rings. The highest BCUT2D eigenvalue weighted by Crippen LogP contribution is 2.36. The van der Waals surface area contributed by atoms with Gasteiger partial charge in [0.15, 0.2) is 0 Å². The van der Waals surface area contributed by atoms with Crippen LogP contribution in [0.4, 0.5) is 5.69 Å². The van der Waals surface area contributed by atoms with Gasteiger partial charge in [0.1, 0.15) is 5.75 Å². The van der Waals surface area contributed by atoms with Gasteiger partial charge in [-0.05, 0) is 6.07 Å². The van der Waals surface area contributed by atoms with Crippen LogP contribution < -0.4 is 4.74 Å². The number of methoxy groups -OCH3 is 1. The van der Waals surface area contributed by atoms with Gasteiger partial charge in [-0.25, -0.2) is 0 Å². The second kappa shape index (κ2) is 4.59. The summed E-state index contributed by atoms with van der Waals surface area (Å²) >= 11 is 5.79. The number of nitrogens with zero attached hydrogens (tertiary/aromatic N) is 1. The molecule has 17 heavy (non-hydrogen) atoms. The lowest BCUT2D eigenvalue weighted by atomic mass is 10.0. The highest BCUT2D eigenvalue weighted by atomic mass is 35.5. The smallest absolute Gasteiger partial charge is 0.277 e. The van der Waals surface area contributed by atoms with Crippen LogP contribution in [0.1, 0.15) is 5.56 Å². The number of ether oxygens (including phenoxy) is 1. The molecule has 0 saturated heterocycles. The molecule has 0 unspecified atom stereocenters. The van der Waals surface area contributed by atoms with Gasteiger partial charge >= 0.3 is 0 Å². The van der Waals surface area contributed by atoms with Gasteiger partial charge in [-0.15, -0.1) is 11.6 Å². The third kappa shape index (κ3) is 1.91. The van der Waals surface area contributed by atoms with Crippen LogP contribution in [0.5, 0.6) is 5.75 Å². The van der Waals surface area contributed by atoms with Gasteiger partial charge < -0.3 is 4.74 Å². The largest absolute Gasteiger partial charge is 0.496 e. The van der Waals surface area contributed by atoms with E-state index in [0.29, 0.717) is 22.1 Å². The first kappa shape index (κ1) is 11.7. The first-order valence-corrected chi connectivity index (χ1v) is 5.51. The van der Waals surface area contributed by atoms with Crippen LogP contribution in [0.25, 0.3) is 10.8 Å². The summed E-state index contributed by atoms with van der Waals surface area (Å²) in [7, 11) is 1.53. The van der Waals surface area contributed by atoms with E-state index in [2.05, 4.69) is 0 Å². The number of fused-ring (bicyclic) bond motifs is 1. The van der Waals surface area contributed by atoms with E-state index in [0.717, 1.165) is 0 Å². The Morgan fingerprint density at radius 1 is 1.35 bits per heavy atom. The normalized spacial score (nSPS) is 10.5. The topological polar surface area (TPSA) is 52.4 Å². The van der Waals surface area contributed by atoms with Gasteiger partial charge in [0.25, 0.3) is 5.69 Å². The molecule has 88 valence electrons. The minimum atomic E-state index is -0.405. The van der Waals surface area contributed by atoms with Crippen LogP contribution in [0.15, 0.2) is 30.3 Å². The Balaban J connectivity index is 2.89. The summed E-state index contributed by atoms with van der Waals surface area (Å²) in [6.07, 6.45) is 0. The molecule has 0 radical (unpaired) electrons.